The summed E-state index contributed by atoms with van der Waals surface area (Å²) in [5, 5.41) is 2.98. The number of methoxy groups -OCH3 is 1. The van der Waals surface area contributed by atoms with Crippen molar-refractivity contribution >= 4 is 5.91 Å². The molecule has 4 nitrogen and oxygen atoms in total. The predicted octanol–water partition coefficient (Wildman–Crippen LogP) is 0.764. The fraction of sp³-hybridized carbons (Fsp3) is 0.462. The zero-order chi connectivity index (χ0) is 12.3. The molecule has 4 heteroatoms. The zero-order valence-corrected chi connectivity index (χ0v) is 9.98. The molecule has 3 N–H and O–H groups in total. The highest BCUT2D eigenvalue weighted by molar-refractivity contribution is 5.82. The molecule has 1 aliphatic rings. The van der Waals surface area contributed by atoms with Crippen LogP contribution in [0.5, 0.6) is 0 Å². The minimum absolute atomic E-state index is 0.0987. The van der Waals surface area contributed by atoms with Crippen molar-refractivity contribution in [2.45, 2.75) is 24.9 Å². The van der Waals surface area contributed by atoms with E-state index in [1.165, 1.54) is 18.2 Å². The molecule has 0 saturated heterocycles. The van der Waals surface area contributed by atoms with E-state index in [1.54, 1.807) is 0 Å². The van der Waals surface area contributed by atoms with Gasteiger partial charge in [0.05, 0.1) is 12.6 Å². The molecular formula is C13H18N2O2. The van der Waals surface area contributed by atoms with Gasteiger partial charge in [0.2, 0.25) is 5.91 Å². The smallest absolute Gasteiger partial charge is 0.239 e. The fourth-order valence-electron chi connectivity index (χ4n) is 2.24. The van der Waals surface area contributed by atoms with Gasteiger partial charge in [-0.2, -0.15) is 0 Å². The minimum atomic E-state index is -0.590. The number of ether oxygens (including phenoxy) is 1. The number of hydrogen-bond donors (Lipinski definition) is 2. The second-order valence-corrected chi connectivity index (χ2v) is 4.36. The standard InChI is InChI=1S/C13H18N2O2/c1-17-8-11(14)13(16)15-12-7-6-9-4-2-3-5-10(9)12/h2-5,11-12H,6-8,14H2,1H3,(H,15,16). The summed E-state index contributed by atoms with van der Waals surface area (Å²) in [6.45, 7) is 0.250. The van der Waals surface area contributed by atoms with E-state index in [1.807, 2.05) is 12.1 Å². The third-order valence-corrected chi connectivity index (χ3v) is 3.13. The lowest BCUT2D eigenvalue weighted by Gasteiger charge is -2.17. The van der Waals surface area contributed by atoms with Crippen LogP contribution in [0.25, 0.3) is 0 Å². The molecule has 2 unspecified atom stereocenters. The highest BCUT2D eigenvalue weighted by Crippen LogP contribution is 2.30. The number of nitrogens with one attached hydrogen (secondary N) is 1. The molecule has 92 valence electrons. The molecule has 1 aromatic carbocycles. The number of nitrogens with two attached hydrogens (primary N) is 1. The Morgan fingerprint density at radius 2 is 2.35 bits per heavy atom. The Hall–Kier alpha value is -1.39. The van der Waals surface area contributed by atoms with Gasteiger partial charge in [0.15, 0.2) is 0 Å². The largest absolute Gasteiger partial charge is 0.383 e. The van der Waals surface area contributed by atoms with Gasteiger partial charge in [0.25, 0.3) is 0 Å². The normalized spacial score (nSPS) is 19.8. The van der Waals surface area contributed by atoms with Crippen LogP contribution in [-0.2, 0) is 16.0 Å². The van der Waals surface area contributed by atoms with Gasteiger partial charge < -0.3 is 15.8 Å². The van der Waals surface area contributed by atoms with Crippen molar-refractivity contribution in [3.63, 3.8) is 0 Å². The lowest BCUT2D eigenvalue weighted by atomic mass is 10.1. The molecule has 0 bridgehead atoms. The first-order valence-electron chi connectivity index (χ1n) is 5.85. The third kappa shape index (κ3) is 2.65. The average Bonchev–Trinajstić information content (AvgIpc) is 2.73. The van der Waals surface area contributed by atoms with Crippen LogP contribution < -0.4 is 11.1 Å². The lowest BCUT2D eigenvalue weighted by molar-refractivity contribution is -0.124. The minimum Gasteiger partial charge on any atom is -0.383 e. The summed E-state index contributed by atoms with van der Waals surface area (Å²) in [5.41, 5.74) is 8.22. The van der Waals surface area contributed by atoms with E-state index in [0.717, 1.165) is 12.8 Å². The number of amides is 1. The van der Waals surface area contributed by atoms with Crippen molar-refractivity contribution in [1.29, 1.82) is 0 Å². The van der Waals surface area contributed by atoms with E-state index in [0.29, 0.717) is 0 Å². The summed E-state index contributed by atoms with van der Waals surface area (Å²) in [7, 11) is 1.54. The Labute approximate surface area is 101 Å². The van der Waals surface area contributed by atoms with E-state index in [9.17, 15) is 4.79 Å². The molecule has 2 atom stereocenters. The summed E-state index contributed by atoms with van der Waals surface area (Å²) in [5.74, 6) is -0.145. The molecule has 2 rings (SSSR count). The third-order valence-electron chi connectivity index (χ3n) is 3.13. The first-order chi connectivity index (χ1) is 8.22. The monoisotopic (exact) mass is 234 g/mol. The van der Waals surface area contributed by atoms with Crippen LogP contribution in [0.3, 0.4) is 0 Å². The van der Waals surface area contributed by atoms with Crippen molar-refractivity contribution in [3.8, 4) is 0 Å². The maximum absolute atomic E-state index is 11.8. The first-order valence-corrected chi connectivity index (χ1v) is 5.85. The maximum Gasteiger partial charge on any atom is 0.239 e. The molecule has 0 fully saturated rings. The molecule has 1 aliphatic carbocycles. The quantitative estimate of drug-likeness (QED) is 0.808. The molecule has 0 aromatic heterocycles. The number of carbonyl (C=O) groups is 1. The predicted molar refractivity (Wildman–Crippen MR) is 65.5 cm³/mol. The Morgan fingerprint density at radius 1 is 1.59 bits per heavy atom. The molecule has 0 radical (unpaired) electrons. The number of rotatable bonds is 4. The molecule has 0 heterocycles. The summed E-state index contributed by atoms with van der Waals surface area (Å²) >= 11 is 0. The van der Waals surface area contributed by atoms with Crippen LogP contribution >= 0.6 is 0 Å². The SMILES string of the molecule is COCC(N)C(=O)NC1CCc2ccccc21. The van der Waals surface area contributed by atoms with E-state index in [2.05, 4.69) is 17.4 Å². The number of hydrogen-bond acceptors (Lipinski definition) is 3. The summed E-state index contributed by atoms with van der Waals surface area (Å²) in [6.07, 6.45) is 1.96. The number of benzene rings is 1. The molecule has 0 aliphatic heterocycles. The van der Waals surface area contributed by atoms with Crippen molar-refractivity contribution < 1.29 is 9.53 Å². The number of fused-ring (bicyclic) bond motifs is 1. The Balaban J connectivity index is 2.00. The van der Waals surface area contributed by atoms with Gasteiger partial charge in [-0.15, -0.1) is 0 Å². The van der Waals surface area contributed by atoms with E-state index in [-0.39, 0.29) is 18.6 Å². The van der Waals surface area contributed by atoms with Crippen LogP contribution in [0.2, 0.25) is 0 Å². The number of aryl methyl sites for hydroxylation is 1. The van der Waals surface area contributed by atoms with Crippen LogP contribution in [0.4, 0.5) is 0 Å². The van der Waals surface area contributed by atoms with Crippen molar-refractivity contribution in [3.05, 3.63) is 35.4 Å². The summed E-state index contributed by atoms with van der Waals surface area (Å²) in [6, 6.07) is 7.71. The van der Waals surface area contributed by atoms with Crippen LogP contribution in [0.15, 0.2) is 24.3 Å². The molecule has 0 saturated carbocycles. The molecule has 1 aromatic rings. The molecule has 1 amide bonds. The topological polar surface area (TPSA) is 64.3 Å². The first kappa shape index (κ1) is 12.1. The fourth-order valence-corrected chi connectivity index (χ4v) is 2.24. The molecule has 0 spiro atoms. The van der Waals surface area contributed by atoms with E-state index in [4.69, 9.17) is 10.5 Å². The Morgan fingerprint density at radius 3 is 3.12 bits per heavy atom. The van der Waals surface area contributed by atoms with Gasteiger partial charge in [-0.25, -0.2) is 0 Å². The Bertz CT molecular complexity index is 406. The number of carbonyl (C=O) groups excluding carboxylic acids is 1. The maximum atomic E-state index is 11.8. The van der Waals surface area contributed by atoms with Gasteiger partial charge in [-0.3, -0.25) is 4.79 Å². The van der Waals surface area contributed by atoms with Gasteiger partial charge in [-0.1, -0.05) is 24.3 Å². The second kappa shape index (κ2) is 5.29. The summed E-state index contributed by atoms with van der Waals surface area (Å²) < 4.78 is 4.87. The van der Waals surface area contributed by atoms with E-state index >= 15 is 0 Å². The van der Waals surface area contributed by atoms with Crippen LogP contribution in [0.1, 0.15) is 23.6 Å². The van der Waals surface area contributed by atoms with Crippen molar-refractivity contribution in [2.75, 3.05) is 13.7 Å². The van der Waals surface area contributed by atoms with Gasteiger partial charge in [-0.05, 0) is 24.0 Å². The lowest BCUT2D eigenvalue weighted by Crippen LogP contribution is -2.44. The average molecular weight is 234 g/mol. The highest BCUT2D eigenvalue weighted by atomic mass is 16.5. The van der Waals surface area contributed by atoms with E-state index < -0.39 is 6.04 Å². The molecule has 17 heavy (non-hydrogen) atoms. The van der Waals surface area contributed by atoms with Gasteiger partial charge in [0, 0.05) is 7.11 Å². The highest BCUT2D eigenvalue weighted by Gasteiger charge is 2.25. The summed E-state index contributed by atoms with van der Waals surface area (Å²) in [4.78, 5) is 11.8. The van der Waals surface area contributed by atoms with Crippen molar-refractivity contribution in [1.82, 2.24) is 5.32 Å². The molecular weight excluding hydrogens is 216 g/mol. The Kier molecular flexibility index (Phi) is 3.76. The van der Waals surface area contributed by atoms with Crippen LogP contribution in [0, 0.1) is 0 Å². The van der Waals surface area contributed by atoms with Gasteiger partial charge >= 0.3 is 0 Å². The van der Waals surface area contributed by atoms with Gasteiger partial charge in [0.1, 0.15) is 6.04 Å². The second-order valence-electron chi connectivity index (χ2n) is 4.36. The zero-order valence-electron chi connectivity index (χ0n) is 9.98. The van der Waals surface area contributed by atoms with Crippen molar-refractivity contribution in [2.24, 2.45) is 5.73 Å². The van der Waals surface area contributed by atoms with Crippen LogP contribution in [-0.4, -0.2) is 25.7 Å².